The van der Waals surface area contributed by atoms with Crippen LogP contribution in [0.1, 0.15) is 36.9 Å². The van der Waals surface area contributed by atoms with E-state index in [0.29, 0.717) is 27.8 Å². The van der Waals surface area contributed by atoms with E-state index in [-0.39, 0.29) is 11.3 Å². The fourth-order valence-electron chi connectivity index (χ4n) is 2.36. The molecule has 0 aliphatic rings. The molecule has 0 unspecified atom stereocenters. The largest absolute Gasteiger partial charge is 0.359 e. The van der Waals surface area contributed by atoms with Gasteiger partial charge >= 0.3 is 6.03 Å². The van der Waals surface area contributed by atoms with Crippen molar-refractivity contribution in [3.8, 4) is 11.3 Å². The number of rotatable bonds is 4. The van der Waals surface area contributed by atoms with Gasteiger partial charge in [0.1, 0.15) is 5.76 Å². The van der Waals surface area contributed by atoms with Crippen molar-refractivity contribution in [2.75, 3.05) is 17.7 Å². The molecule has 3 heterocycles. The van der Waals surface area contributed by atoms with Gasteiger partial charge in [-0.25, -0.2) is 4.79 Å². The molecular weight excluding hydrogens is 378 g/mol. The Hall–Kier alpha value is -3.20. The first kappa shape index (κ1) is 19.6. The van der Waals surface area contributed by atoms with Crippen LogP contribution < -0.4 is 16.0 Å². The van der Waals surface area contributed by atoms with Gasteiger partial charge in [-0.1, -0.05) is 25.9 Å². The zero-order valence-electron chi connectivity index (χ0n) is 16.0. The van der Waals surface area contributed by atoms with Crippen molar-refractivity contribution in [1.82, 2.24) is 15.5 Å². The van der Waals surface area contributed by atoms with E-state index in [4.69, 9.17) is 4.52 Å². The Morgan fingerprint density at radius 1 is 1.14 bits per heavy atom. The zero-order valence-corrected chi connectivity index (χ0v) is 16.8. The number of thiophene rings is 1. The molecule has 0 radical (unpaired) electrons. The van der Waals surface area contributed by atoms with Crippen LogP contribution in [0, 0.1) is 0 Å². The number of aromatic nitrogens is 2. The van der Waals surface area contributed by atoms with Gasteiger partial charge in [-0.3, -0.25) is 20.4 Å². The van der Waals surface area contributed by atoms with Gasteiger partial charge in [0.25, 0.3) is 5.91 Å². The molecule has 28 heavy (non-hydrogen) atoms. The predicted octanol–water partition coefficient (Wildman–Crippen LogP) is 4.10. The first-order chi connectivity index (χ1) is 13.3. The molecule has 3 amide bonds. The number of hydrogen-bond donors (Lipinski definition) is 3. The second kappa shape index (κ2) is 7.81. The van der Waals surface area contributed by atoms with E-state index >= 15 is 0 Å². The van der Waals surface area contributed by atoms with E-state index in [0.717, 1.165) is 5.56 Å². The lowest BCUT2D eigenvalue weighted by Crippen LogP contribution is -2.19. The Morgan fingerprint density at radius 2 is 1.93 bits per heavy atom. The first-order valence-corrected chi connectivity index (χ1v) is 9.46. The summed E-state index contributed by atoms with van der Waals surface area (Å²) in [7, 11) is 1.58. The number of nitrogens with one attached hydrogen (secondary N) is 3. The van der Waals surface area contributed by atoms with Crippen molar-refractivity contribution >= 4 is 34.1 Å². The van der Waals surface area contributed by atoms with Crippen LogP contribution in [-0.2, 0) is 5.41 Å². The molecule has 0 aliphatic carbocycles. The van der Waals surface area contributed by atoms with Crippen molar-refractivity contribution in [3.05, 3.63) is 47.2 Å². The lowest BCUT2D eigenvalue weighted by molar-refractivity contribution is 0.0963. The van der Waals surface area contributed by atoms with Gasteiger partial charge in [-0.05, 0) is 18.2 Å². The fourth-order valence-corrected chi connectivity index (χ4v) is 3.15. The van der Waals surface area contributed by atoms with E-state index in [2.05, 4.69) is 26.1 Å². The monoisotopic (exact) mass is 399 g/mol. The zero-order chi connectivity index (χ0) is 20.3. The molecule has 3 aromatic heterocycles. The van der Waals surface area contributed by atoms with Crippen molar-refractivity contribution in [3.63, 3.8) is 0 Å². The van der Waals surface area contributed by atoms with Gasteiger partial charge in [0.05, 0.1) is 10.7 Å². The summed E-state index contributed by atoms with van der Waals surface area (Å²) in [6.45, 7) is 5.99. The lowest BCUT2D eigenvalue weighted by Gasteiger charge is -2.12. The molecular formula is C19H21N5O3S. The molecule has 0 saturated heterocycles. The average Bonchev–Trinajstić information content (AvgIpc) is 3.30. The quantitative estimate of drug-likeness (QED) is 0.612. The van der Waals surface area contributed by atoms with E-state index in [1.807, 2.05) is 26.2 Å². The van der Waals surface area contributed by atoms with Crippen molar-refractivity contribution < 1.29 is 14.1 Å². The summed E-state index contributed by atoms with van der Waals surface area (Å²) in [5.41, 5.74) is 1.79. The number of anilines is 2. The van der Waals surface area contributed by atoms with Crippen LogP contribution in [0.5, 0.6) is 0 Å². The third kappa shape index (κ3) is 4.55. The highest BCUT2D eigenvalue weighted by Crippen LogP contribution is 2.29. The van der Waals surface area contributed by atoms with Gasteiger partial charge in [0.15, 0.2) is 5.82 Å². The summed E-state index contributed by atoms with van der Waals surface area (Å²) in [6, 6.07) is 6.42. The molecule has 0 atom stereocenters. The van der Waals surface area contributed by atoms with Gasteiger partial charge in [0, 0.05) is 41.2 Å². The third-order valence-corrected chi connectivity index (χ3v) is 4.72. The Balaban J connectivity index is 1.67. The summed E-state index contributed by atoms with van der Waals surface area (Å²) in [5, 5.41) is 14.3. The van der Waals surface area contributed by atoms with Gasteiger partial charge in [-0.2, -0.15) is 0 Å². The molecule has 3 rings (SSSR count). The molecule has 9 heteroatoms. The van der Waals surface area contributed by atoms with Crippen molar-refractivity contribution in [2.24, 2.45) is 0 Å². The summed E-state index contributed by atoms with van der Waals surface area (Å²) in [6.07, 6.45) is 1.58. The molecule has 0 spiro atoms. The molecule has 0 saturated carbocycles. The molecule has 8 nitrogen and oxygen atoms in total. The Bertz CT molecular complexity index is 1000. The minimum atomic E-state index is -0.422. The SMILES string of the molecule is CNC(=O)c1ccnc(-c2csc(NC(=O)Nc3cc(C(C)(C)C)on3)c2)c1. The van der Waals surface area contributed by atoms with Crippen LogP contribution >= 0.6 is 11.3 Å². The molecule has 0 aromatic carbocycles. The molecule has 0 fully saturated rings. The summed E-state index contributed by atoms with van der Waals surface area (Å²) < 4.78 is 5.25. The minimum Gasteiger partial charge on any atom is -0.359 e. The maximum Gasteiger partial charge on any atom is 0.325 e. The Morgan fingerprint density at radius 3 is 2.61 bits per heavy atom. The molecule has 3 aromatic rings. The van der Waals surface area contributed by atoms with Crippen LogP contribution in [0.25, 0.3) is 11.3 Å². The number of amides is 3. The van der Waals surface area contributed by atoms with Crippen LogP contribution in [0.15, 0.2) is 40.4 Å². The summed E-state index contributed by atoms with van der Waals surface area (Å²) in [4.78, 5) is 28.3. The number of carbonyl (C=O) groups excluding carboxylic acids is 2. The van der Waals surface area contributed by atoms with Gasteiger partial charge in [0.2, 0.25) is 0 Å². The minimum absolute atomic E-state index is 0.182. The van der Waals surface area contributed by atoms with Crippen molar-refractivity contribution in [2.45, 2.75) is 26.2 Å². The maximum atomic E-state index is 12.2. The second-order valence-electron chi connectivity index (χ2n) is 7.11. The first-order valence-electron chi connectivity index (χ1n) is 8.58. The normalized spacial score (nSPS) is 11.1. The highest BCUT2D eigenvalue weighted by Gasteiger charge is 2.20. The highest BCUT2D eigenvalue weighted by atomic mass is 32.1. The topological polar surface area (TPSA) is 109 Å². The van der Waals surface area contributed by atoms with E-state index in [1.54, 1.807) is 37.5 Å². The summed E-state index contributed by atoms with van der Waals surface area (Å²) >= 11 is 1.36. The molecule has 3 N–H and O–H groups in total. The van der Waals surface area contributed by atoms with Crippen LogP contribution in [-0.4, -0.2) is 29.1 Å². The van der Waals surface area contributed by atoms with Crippen LogP contribution in [0.2, 0.25) is 0 Å². The fraction of sp³-hybridized carbons (Fsp3) is 0.263. The predicted molar refractivity (Wildman–Crippen MR) is 109 cm³/mol. The summed E-state index contributed by atoms with van der Waals surface area (Å²) in [5.74, 6) is 0.848. The standard InChI is InChI=1S/C19H21N5O3S/c1-19(2,3)14-9-15(24-27-14)22-18(26)23-16-8-12(10-28-16)13-7-11(5-6-21-13)17(25)20-4/h5-10H,1-4H3,(H,20,25)(H2,22,23,24,26). The van der Waals surface area contributed by atoms with Gasteiger partial charge < -0.3 is 9.84 Å². The van der Waals surface area contributed by atoms with E-state index < -0.39 is 6.03 Å². The van der Waals surface area contributed by atoms with E-state index in [1.165, 1.54) is 11.3 Å². The van der Waals surface area contributed by atoms with Crippen molar-refractivity contribution in [1.29, 1.82) is 0 Å². The average molecular weight is 399 g/mol. The number of carbonyl (C=O) groups is 2. The molecule has 0 aliphatic heterocycles. The number of hydrogen-bond acceptors (Lipinski definition) is 6. The maximum absolute atomic E-state index is 12.2. The second-order valence-corrected chi connectivity index (χ2v) is 8.03. The van der Waals surface area contributed by atoms with Gasteiger partial charge in [-0.15, -0.1) is 11.3 Å². The van der Waals surface area contributed by atoms with Crippen LogP contribution in [0.4, 0.5) is 15.6 Å². The lowest BCUT2D eigenvalue weighted by atomic mass is 9.93. The number of pyridine rings is 1. The third-order valence-electron chi connectivity index (χ3n) is 3.87. The number of urea groups is 1. The van der Waals surface area contributed by atoms with E-state index in [9.17, 15) is 9.59 Å². The smallest absolute Gasteiger partial charge is 0.325 e. The van der Waals surface area contributed by atoms with Crippen LogP contribution in [0.3, 0.4) is 0 Å². The Kier molecular flexibility index (Phi) is 5.46. The highest BCUT2D eigenvalue weighted by molar-refractivity contribution is 7.14. The number of nitrogens with zero attached hydrogens (tertiary/aromatic N) is 2. The Labute approximate surface area is 166 Å². The molecule has 146 valence electrons. The molecule has 0 bridgehead atoms.